The maximum atomic E-state index is 14.4. The minimum atomic E-state index is -1.58. The summed E-state index contributed by atoms with van der Waals surface area (Å²) in [7, 11) is 0. The molecule has 2 rings (SSSR count). The van der Waals surface area contributed by atoms with Gasteiger partial charge in [-0.3, -0.25) is 47.9 Å². The Kier molecular flexibility index (Phi) is 33.0. The molecule has 1 fully saturated rings. The van der Waals surface area contributed by atoms with E-state index in [1.54, 1.807) is 44.2 Å². The molecule has 464 valence electrons. The summed E-state index contributed by atoms with van der Waals surface area (Å²) < 4.78 is 5.36. The molecule has 1 heterocycles. The minimum Gasteiger partial charge on any atom is -0.465 e. The van der Waals surface area contributed by atoms with Crippen LogP contribution < -0.4 is 76.1 Å². The first-order valence-electron chi connectivity index (χ1n) is 28.6. The number of esters is 1. The van der Waals surface area contributed by atoms with Crippen molar-refractivity contribution in [2.24, 2.45) is 34.3 Å². The Morgan fingerprint density at radius 2 is 1.23 bits per heavy atom. The lowest BCUT2D eigenvalue weighted by Crippen LogP contribution is -2.61. The molecule has 1 saturated heterocycles. The van der Waals surface area contributed by atoms with Crippen LogP contribution in [-0.2, 0) is 59.1 Å². The summed E-state index contributed by atoms with van der Waals surface area (Å²) in [5, 5.41) is 48.4. The molecule has 1 aromatic rings. The van der Waals surface area contributed by atoms with Crippen LogP contribution in [0.4, 0.5) is 0 Å². The Balaban J connectivity index is 2.56. The van der Waals surface area contributed by atoms with Gasteiger partial charge in [0.1, 0.15) is 42.3 Å². The van der Waals surface area contributed by atoms with Gasteiger partial charge in [-0.05, 0) is 130 Å². The van der Waals surface area contributed by atoms with Crippen molar-refractivity contribution in [3.8, 4) is 0 Å². The number of carbonyl (C=O) groups excluding carboxylic acids is 10. The zero-order valence-corrected chi connectivity index (χ0v) is 48.9. The minimum absolute atomic E-state index is 0.0120. The lowest BCUT2D eigenvalue weighted by atomic mass is 9.91. The largest absolute Gasteiger partial charge is 0.465 e. The van der Waals surface area contributed by atoms with E-state index in [-0.39, 0.29) is 109 Å². The summed E-state index contributed by atoms with van der Waals surface area (Å²) in [6, 6.07) is -2.88. The third kappa shape index (κ3) is 25.8. The predicted molar refractivity (Wildman–Crippen MR) is 306 cm³/mol. The maximum absolute atomic E-state index is 14.4. The molecule has 0 radical (unpaired) electrons. The molecule has 1 unspecified atom stereocenters. The van der Waals surface area contributed by atoms with E-state index >= 15 is 0 Å². The van der Waals surface area contributed by atoms with Crippen molar-refractivity contribution in [3.05, 3.63) is 35.9 Å². The Morgan fingerprint density at radius 3 is 1.79 bits per heavy atom. The summed E-state index contributed by atoms with van der Waals surface area (Å²) in [5.74, 6) is -7.45. The highest BCUT2D eigenvalue weighted by Crippen LogP contribution is 2.21. The number of unbranched alkanes of at least 4 members (excludes halogenated alkanes) is 2. The van der Waals surface area contributed by atoms with Crippen LogP contribution in [0, 0.1) is 11.3 Å². The topological polar surface area (TPSA) is 445 Å². The van der Waals surface area contributed by atoms with E-state index in [1.165, 1.54) is 13.8 Å². The second-order valence-electron chi connectivity index (χ2n) is 21.9. The molecule has 0 spiro atoms. The van der Waals surface area contributed by atoms with E-state index < -0.39 is 125 Å². The van der Waals surface area contributed by atoms with Gasteiger partial charge in [-0.1, -0.05) is 51.1 Å². The quantitative estimate of drug-likeness (QED) is 0.0298. The van der Waals surface area contributed by atoms with Gasteiger partial charge in [0.15, 0.2) is 0 Å². The lowest BCUT2D eigenvalue weighted by Gasteiger charge is -2.29. The molecule has 20 N–H and O–H groups in total. The number of hydrogen-bond donors (Lipinski definition) is 16. The monoisotopic (exact) mass is 1160 g/mol. The first kappa shape index (κ1) is 71.7. The number of amides is 9. The van der Waals surface area contributed by atoms with Crippen molar-refractivity contribution in [1.82, 2.24) is 53.2 Å². The highest BCUT2D eigenvalue weighted by Gasteiger charge is 2.36. The van der Waals surface area contributed by atoms with E-state index in [0.29, 0.717) is 31.2 Å². The molecule has 1 aliphatic rings. The SMILES string of the molecule is CCC(C)(C)C(=O)OCCCCCC(=O)N[C@H](C(=O)N[C@@H](CCN)C(=O)N[C@H]1CCNC(=O)[C@H]([C@H](C)O)NC(=O)[C@H](CCN)NC(=O)[C@H](CCN)NC(=O)[C@H](CC(C)C)NC(=O)[C@@H](Cc2ccccc2)NC(=O)[C@H](CCN)NC1)C(C)O. The maximum Gasteiger partial charge on any atom is 0.311 e. The van der Waals surface area contributed by atoms with Crippen LogP contribution in [-0.4, -0.2) is 182 Å². The molecule has 82 heavy (non-hydrogen) atoms. The van der Waals surface area contributed by atoms with Gasteiger partial charge in [-0.2, -0.15) is 0 Å². The zero-order valence-electron chi connectivity index (χ0n) is 48.9. The predicted octanol–water partition coefficient (Wildman–Crippen LogP) is -3.67. The van der Waals surface area contributed by atoms with Crippen LogP contribution in [0.2, 0.25) is 0 Å². The average Bonchev–Trinajstić information content (AvgIpc) is 3.42. The van der Waals surface area contributed by atoms with Crippen molar-refractivity contribution in [3.63, 3.8) is 0 Å². The van der Waals surface area contributed by atoms with E-state index in [4.69, 9.17) is 27.7 Å². The Bertz CT molecular complexity index is 2200. The number of aliphatic hydroxyl groups excluding tert-OH is 2. The third-order valence-corrected chi connectivity index (χ3v) is 13.9. The Hall–Kier alpha value is -6.36. The van der Waals surface area contributed by atoms with E-state index in [9.17, 15) is 58.2 Å². The second-order valence-corrected chi connectivity index (χ2v) is 21.9. The van der Waals surface area contributed by atoms with Crippen LogP contribution >= 0.6 is 0 Å². The van der Waals surface area contributed by atoms with Crippen molar-refractivity contribution in [1.29, 1.82) is 0 Å². The van der Waals surface area contributed by atoms with Gasteiger partial charge < -0.3 is 91.1 Å². The molecule has 0 aromatic heterocycles. The van der Waals surface area contributed by atoms with Crippen LogP contribution in [0.1, 0.15) is 125 Å². The van der Waals surface area contributed by atoms with Crippen LogP contribution in [0.5, 0.6) is 0 Å². The molecule has 1 aliphatic heterocycles. The summed E-state index contributed by atoms with van der Waals surface area (Å²) >= 11 is 0. The molecule has 0 saturated carbocycles. The Morgan fingerprint density at radius 1 is 0.683 bits per heavy atom. The van der Waals surface area contributed by atoms with E-state index in [1.807, 2.05) is 20.8 Å². The molecule has 9 amide bonds. The zero-order chi connectivity index (χ0) is 61.5. The van der Waals surface area contributed by atoms with E-state index in [0.717, 1.165) is 0 Å². The fourth-order valence-corrected chi connectivity index (χ4v) is 8.58. The fourth-order valence-electron chi connectivity index (χ4n) is 8.58. The molecule has 27 heteroatoms. The van der Waals surface area contributed by atoms with Crippen molar-refractivity contribution >= 4 is 59.1 Å². The van der Waals surface area contributed by atoms with Gasteiger partial charge in [-0.25, -0.2) is 0 Å². The second kappa shape index (κ2) is 37.7. The van der Waals surface area contributed by atoms with Gasteiger partial charge in [0.25, 0.3) is 0 Å². The fraction of sp³-hybridized carbons (Fsp3) is 0.709. The van der Waals surface area contributed by atoms with Crippen molar-refractivity contribution < 1.29 is 62.9 Å². The molecule has 0 aliphatic carbocycles. The number of carbonyl (C=O) groups is 10. The van der Waals surface area contributed by atoms with Gasteiger partial charge in [-0.15, -0.1) is 0 Å². The normalized spacial score (nSPS) is 22.8. The summed E-state index contributed by atoms with van der Waals surface area (Å²) in [4.78, 5) is 138. The van der Waals surface area contributed by atoms with Crippen molar-refractivity contribution in [2.45, 2.75) is 192 Å². The molecule has 0 bridgehead atoms. The number of rotatable bonds is 27. The number of nitrogens with one attached hydrogen (secondary N) is 10. The molecule has 11 atom stereocenters. The van der Waals surface area contributed by atoms with Crippen LogP contribution in [0.3, 0.4) is 0 Å². The first-order chi connectivity index (χ1) is 38.8. The number of hydrogen-bond acceptors (Lipinski definition) is 18. The summed E-state index contributed by atoms with van der Waals surface area (Å²) in [6.07, 6.45) is -1.21. The highest BCUT2D eigenvalue weighted by molar-refractivity contribution is 5.97. The Labute approximate surface area is 481 Å². The van der Waals surface area contributed by atoms with Gasteiger partial charge in [0, 0.05) is 32.0 Å². The smallest absolute Gasteiger partial charge is 0.311 e. The molecule has 27 nitrogen and oxygen atoms in total. The van der Waals surface area contributed by atoms with E-state index in [2.05, 4.69) is 53.2 Å². The average molecular weight is 1160 g/mol. The summed E-state index contributed by atoms with van der Waals surface area (Å²) in [6.45, 7) is 11.1. The van der Waals surface area contributed by atoms with Gasteiger partial charge in [0.2, 0.25) is 53.2 Å². The lowest BCUT2D eigenvalue weighted by molar-refractivity contribution is -0.154. The van der Waals surface area contributed by atoms with Gasteiger partial charge >= 0.3 is 5.97 Å². The molecule has 1 aromatic carbocycles. The number of aliphatic hydroxyl groups is 2. The number of benzene rings is 1. The number of ether oxygens (including phenoxy) is 1. The number of nitrogens with two attached hydrogens (primary N) is 4. The van der Waals surface area contributed by atoms with Crippen LogP contribution in [0.15, 0.2) is 30.3 Å². The van der Waals surface area contributed by atoms with Gasteiger partial charge in [0.05, 0.1) is 30.3 Å². The molecular weight excluding hydrogens is 1060 g/mol. The summed E-state index contributed by atoms with van der Waals surface area (Å²) in [5.41, 5.74) is 23.7. The third-order valence-electron chi connectivity index (χ3n) is 13.9. The molecular formula is C55H96N14O13. The highest BCUT2D eigenvalue weighted by atomic mass is 16.5. The van der Waals surface area contributed by atoms with Crippen LogP contribution in [0.25, 0.3) is 0 Å². The first-order valence-corrected chi connectivity index (χ1v) is 28.6. The standard InChI is InChI=1S/C55H96N14O13/c1-8-55(6,7)54(81)82-28-14-10-13-17-43(72)68-45(34(5)71)53(80)65-38(19-24-57)47(74)62-36-22-27-60-52(79)44(33(4)70)69-49(76)40(21-26-59)63-48(75)39(20-25-58)64-50(77)41(29-32(2)3)66-51(78)42(30-35-15-11-9-12-16-35)67-46(73)37(18-23-56)61-31-36/h9,11-12,15-16,32-34,36-42,44-45,61,70-71H,8,10,13-14,17-31,56-59H2,1-7H3,(H,60,79)(H,62,74)(H,63,75)(H,64,77)(H,65,80)(H,66,78)(H,67,73)(H,68,72)(H,69,76)/t33-,34?,36-,37-,38-,39-,40-,41-,42+,44-,45-/m0/s1. The van der Waals surface area contributed by atoms with Crippen molar-refractivity contribution in [2.75, 3.05) is 45.9 Å².